The second-order valence-electron chi connectivity index (χ2n) is 9.42. The first-order valence-corrected chi connectivity index (χ1v) is 11.2. The zero-order chi connectivity index (χ0) is 23.0. The van der Waals surface area contributed by atoms with Crippen molar-refractivity contribution in [2.45, 2.75) is 26.2 Å². The summed E-state index contributed by atoms with van der Waals surface area (Å²) in [6.07, 6.45) is 3.54. The molecule has 0 radical (unpaired) electrons. The van der Waals surface area contributed by atoms with E-state index in [0.717, 1.165) is 35.2 Å². The molecule has 3 heterocycles. The van der Waals surface area contributed by atoms with Gasteiger partial charge in [0.15, 0.2) is 0 Å². The fraction of sp³-hybridized carbons (Fsp3) is 0.214. The molecule has 5 nitrogen and oxygen atoms in total. The van der Waals surface area contributed by atoms with Crippen LogP contribution in [-0.4, -0.2) is 23.7 Å². The van der Waals surface area contributed by atoms with Crippen LogP contribution in [0.2, 0.25) is 0 Å². The monoisotopic (exact) mass is 436 g/mol. The molecule has 33 heavy (non-hydrogen) atoms. The van der Waals surface area contributed by atoms with Gasteiger partial charge in [-0.25, -0.2) is 0 Å². The van der Waals surface area contributed by atoms with Crippen molar-refractivity contribution in [1.82, 2.24) is 9.97 Å². The van der Waals surface area contributed by atoms with Gasteiger partial charge in [0.05, 0.1) is 29.4 Å². The number of fused-ring (bicyclic) bond motifs is 1. The molecule has 2 aromatic heterocycles. The van der Waals surface area contributed by atoms with E-state index in [1.807, 2.05) is 30.3 Å². The summed E-state index contributed by atoms with van der Waals surface area (Å²) < 4.78 is 6.38. The minimum atomic E-state index is -0.0172. The summed E-state index contributed by atoms with van der Waals surface area (Å²) in [6.45, 7) is 7.48. The van der Waals surface area contributed by atoms with E-state index in [1.54, 1.807) is 12.4 Å². The van der Waals surface area contributed by atoms with E-state index >= 15 is 0 Å². The first-order valence-electron chi connectivity index (χ1n) is 11.2. The van der Waals surface area contributed by atoms with Crippen LogP contribution in [0.1, 0.15) is 26.3 Å². The Morgan fingerprint density at radius 1 is 0.758 bits per heavy atom. The van der Waals surface area contributed by atoms with Crippen LogP contribution in [0.25, 0.3) is 11.4 Å². The Bertz CT molecular complexity index is 1280. The Kier molecular flexibility index (Phi) is 5.25. The lowest BCUT2D eigenvalue weighted by Crippen LogP contribution is -2.24. The molecule has 0 atom stereocenters. The summed E-state index contributed by atoms with van der Waals surface area (Å²) in [5.74, 6) is 1.55. The van der Waals surface area contributed by atoms with E-state index in [1.165, 1.54) is 16.9 Å². The van der Waals surface area contributed by atoms with Crippen molar-refractivity contribution >= 4 is 17.1 Å². The van der Waals surface area contributed by atoms with Crippen LogP contribution in [0, 0.1) is 0 Å². The van der Waals surface area contributed by atoms with Crippen molar-refractivity contribution < 1.29 is 4.74 Å². The summed E-state index contributed by atoms with van der Waals surface area (Å²) in [5, 5.41) is 0. The predicted octanol–water partition coefficient (Wildman–Crippen LogP) is 6.78. The normalized spacial score (nSPS) is 13.2. The lowest BCUT2D eigenvalue weighted by atomic mass is 9.86. The van der Waals surface area contributed by atoms with Crippen LogP contribution in [0.4, 0.5) is 17.1 Å². The lowest BCUT2D eigenvalue weighted by molar-refractivity contribution is 0.478. The number of hydrogen-bond acceptors (Lipinski definition) is 5. The number of aromatic nitrogens is 2. The molecular formula is C28H28N4O. The quantitative estimate of drug-likeness (QED) is 0.353. The van der Waals surface area contributed by atoms with Crippen molar-refractivity contribution in [2.75, 3.05) is 23.5 Å². The second kappa shape index (κ2) is 8.24. The first kappa shape index (κ1) is 21.0. The third-order valence-electron chi connectivity index (χ3n) is 5.90. The van der Waals surface area contributed by atoms with Gasteiger partial charge in [0, 0.05) is 37.3 Å². The molecule has 1 aliphatic heterocycles. The fourth-order valence-corrected chi connectivity index (χ4v) is 4.10. The Labute approximate surface area is 195 Å². The van der Waals surface area contributed by atoms with E-state index in [9.17, 15) is 0 Å². The van der Waals surface area contributed by atoms with Gasteiger partial charge in [0.1, 0.15) is 11.5 Å². The molecule has 1 aliphatic rings. The Balaban J connectivity index is 1.53. The summed E-state index contributed by atoms with van der Waals surface area (Å²) >= 11 is 0. The zero-order valence-electron chi connectivity index (χ0n) is 19.5. The highest BCUT2D eigenvalue weighted by molar-refractivity contribution is 5.82. The zero-order valence-corrected chi connectivity index (χ0v) is 19.5. The standard InChI is InChI=1S/C28H28N4O/c1-28(2,3)20-15-21(32-19-31(4)26-10-5-6-11-27(26)32)17-23(16-20)33-22-12-14-30-25(18-22)24-9-7-8-13-29-24/h5-18H,19H2,1-4H3. The molecule has 4 aromatic rings. The molecule has 5 heteroatoms. The first-order chi connectivity index (χ1) is 15.9. The fourth-order valence-electron chi connectivity index (χ4n) is 4.10. The molecule has 0 fully saturated rings. The van der Waals surface area contributed by atoms with Gasteiger partial charge in [-0.05, 0) is 53.4 Å². The summed E-state index contributed by atoms with van der Waals surface area (Å²) in [4.78, 5) is 13.5. The molecule has 0 aliphatic carbocycles. The van der Waals surface area contributed by atoms with E-state index in [4.69, 9.17) is 4.74 Å². The second-order valence-corrected chi connectivity index (χ2v) is 9.42. The number of anilines is 3. The van der Waals surface area contributed by atoms with Crippen molar-refractivity contribution in [1.29, 1.82) is 0 Å². The predicted molar refractivity (Wildman–Crippen MR) is 135 cm³/mol. The van der Waals surface area contributed by atoms with E-state index in [0.29, 0.717) is 0 Å². The number of hydrogen-bond donors (Lipinski definition) is 0. The molecular weight excluding hydrogens is 408 g/mol. The Morgan fingerprint density at radius 2 is 1.52 bits per heavy atom. The van der Waals surface area contributed by atoms with Crippen LogP contribution in [-0.2, 0) is 5.41 Å². The maximum atomic E-state index is 6.38. The number of ether oxygens (including phenoxy) is 1. The Hall–Kier alpha value is -3.86. The molecule has 0 saturated carbocycles. The van der Waals surface area contributed by atoms with Gasteiger partial charge in [-0.1, -0.05) is 39.0 Å². The van der Waals surface area contributed by atoms with Crippen LogP contribution in [0.3, 0.4) is 0 Å². The minimum Gasteiger partial charge on any atom is -0.457 e. The van der Waals surface area contributed by atoms with Crippen molar-refractivity contribution in [3.05, 3.63) is 90.8 Å². The topological polar surface area (TPSA) is 41.5 Å². The van der Waals surface area contributed by atoms with Crippen molar-refractivity contribution in [2.24, 2.45) is 0 Å². The number of nitrogens with zero attached hydrogens (tertiary/aromatic N) is 4. The third kappa shape index (κ3) is 4.27. The maximum absolute atomic E-state index is 6.38. The number of para-hydroxylation sites is 2. The van der Waals surface area contributed by atoms with Crippen molar-refractivity contribution in [3.63, 3.8) is 0 Å². The summed E-state index contributed by atoms with van der Waals surface area (Å²) in [5.41, 5.74) is 6.37. The Morgan fingerprint density at radius 3 is 2.27 bits per heavy atom. The molecule has 0 spiro atoms. The van der Waals surface area contributed by atoms with Gasteiger partial charge in [-0.2, -0.15) is 0 Å². The average molecular weight is 437 g/mol. The molecule has 0 saturated heterocycles. The molecule has 0 amide bonds. The van der Waals surface area contributed by atoms with Gasteiger partial charge in [-0.15, -0.1) is 0 Å². The van der Waals surface area contributed by atoms with Crippen LogP contribution >= 0.6 is 0 Å². The van der Waals surface area contributed by atoms with Gasteiger partial charge in [0.25, 0.3) is 0 Å². The number of rotatable bonds is 4. The molecule has 2 aromatic carbocycles. The lowest BCUT2D eigenvalue weighted by Gasteiger charge is -2.25. The highest BCUT2D eigenvalue weighted by Crippen LogP contribution is 2.42. The van der Waals surface area contributed by atoms with Gasteiger partial charge in [-0.3, -0.25) is 9.97 Å². The molecule has 0 unspecified atom stereocenters. The van der Waals surface area contributed by atoms with Crippen LogP contribution in [0.15, 0.2) is 85.2 Å². The molecule has 0 bridgehead atoms. The number of benzene rings is 2. The largest absolute Gasteiger partial charge is 0.457 e. The SMILES string of the molecule is CN1CN(c2cc(Oc3ccnc(-c4ccccn4)c3)cc(C(C)(C)C)c2)c2ccccc21. The smallest absolute Gasteiger partial charge is 0.131 e. The highest BCUT2D eigenvalue weighted by atomic mass is 16.5. The highest BCUT2D eigenvalue weighted by Gasteiger charge is 2.26. The third-order valence-corrected chi connectivity index (χ3v) is 5.90. The average Bonchev–Trinajstić information content (AvgIpc) is 3.16. The summed E-state index contributed by atoms with van der Waals surface area (Å²) in [7, 11) is 2.12. The van der Waals surface area contributed by atoms with E-state index < -0.39 is 0 Å². The summed E-state index contributed by atoms with van der Waals surface area (Å²) in [6, 6.07) is 24.7. The van der Waals surface area contributed by atoms with E-state index in [2.05, 4.69) is 90.1 Å². The van der Waals surface area contributed by atoms with Gasteiger partial charge < -0.3 is 14.5 Å². The van der Waals surface area contributed by atoms with Gasteiger partial charge >= 0.3 is 0 Å². The molecule has 0 N–H and O–H groups in total. The van der Waals surface area contributed by atoms with Crippen LogP contribution < -0.4 is 14.5 Å². The number of pyridine rings is 2. The molecule has 5 rings (SSSR count). The van der Waals surface area contributed by atoms with Crippen LogP contribution in [0.5, 0.6) is 11.5 Å². The van der Waals surface area contributed by atoms with Crippen molar-refractivity contribution in [3.8, 4) is 22.9 Å². The van der Waals surface area contributed by atoms with Gasteiger partial charge in [0.2, 0.25) is 0 Å². The molecule has 166 valence electrons. The maximum Gasteiger partial charge on any atom is 0.131 e. The van der Waals surface area contributed by atoms with E-state index in [-0.39, 0.29) is 5.41 Å². The minimum absolute atomic E-state index is 0.0172.